The highest BCUT2D eigenvalue weighted by Crippen LogP contribution is 2.40. The van der Waals surface area contributed by atoms with Crippen molar-refractivity contribution in [2.45, 2.75) is 0 Å². The average molecular weight is 758 g/mol. The largest absolute Gasteiger partial charge is 0.864 e. The number of hydrogen-bond donors (Lipinski definition) is 1. The number of rotatable bonds is 6. The molecule has 0 aliphatic rings. The van der Waals surface area contributed by atoms with Crippen LogP contribution >= 0.6 is 0 Å². The van der Waals surface area contributed by atoms with Crippen LogP contribution in [0.4, 0.5) is 0 Å². The fourth-order valence-electron chi connectivity index (χ4n) is 8.98. The van der Waals surface area contributed by atoms with E-state index < -0.39 is 7.32 Å². The molecule has 0 radical (unpaired) electrons. The Balaban J connectivity index is 0.00000397. The Bertz CT molecular complexity index is 3260. The Morgan fingerprint density at radius 2 is 0.492 bits per heavy atom. The highest BCUT2D eigenvalue weighted by molar-refractivity contribution is 6.41. The van der Waals surface area contributed by atoms with Crippen LogP contribution < -0.4 is 20.1 Å². The Morgan fingerprint density at radius 1 is 0.237 bits per heavy atom. The smallest absolute Gasteiger partial charge is 0.489 e. The van der Waals surface area contributed by atoms with Crippen LogP contribution in [0.3, 0.4) is 0 Å². The van der Waals surface area contributed by atoms with E-state index in [4.69, 9.17) is 14.0 Å². The summed E-state index contributed by atoms with van der Waals surface area (Å²) in [6.45, 7) is 0. The van der Waals surface area contributed by atoms with Crippen LogP contribution in [0.2, 0.25) is 0 Å². The van der Waals surface area contributed by atoms with Crippen molar-refractivity contribution in [3.8, 4) is 17.2 Å². The average Bonchev–Trinajstić information content (AvgIpc) is 3.27. The van der Waals surface area contributed by atoms with Crippen molar-refractivity contribution in [2.24, 2.45) is 0 Å². The molecular formula is C54H36BNO3. The fraction of sp³-hybridized carbons (Fsp3) is 0. The van der Waals surface area contributed by atoms with E-state index in [1.165, 1.54) is 32.3 Å². The minimum absolute atomic E-state index is 0. The number of hydrogen-bond acceptors (Lipinski definition) is 4. The zero-order valence-corrected chi connectivity index (χ0v) is 32.1. The van der Waals surface area contributed by atoms with Crippen molar-refractivity contribution in [2.75, 3.05) is 0 Å². The van der Waals surface area contributed by atoms with Gasteiger partial charge in [-0.2, -0.15) is 0 Å². The number of benzene rings is 12. The predicted octanol–water partition coefficient (Wildman–Crippen LogP) is 14.7. The summed E-state index contributed by atoms with van der Waals surface area (Å²) < 4.78 is 21.2. The Labute approximate surface area is 340 Å². The van der Waals surface area contributed by atoms with Crippen LogP contribution in [0.1, 0.15) is 0 Å². The van der Waals surface area contributed by atoms with Gasteiger partial charge in [-0.25, -0.2) is 0 Å². The van der Waals surface area contributed by atoms with Gasteiger partial charge in [0.05, 0.1) is 0 Å². The zero-order valence-electron chi connectivity index (χ0n) is 32.1. The fourth-order valence-corrected chi connectivity index (χ4v) is 8.98. The maximum atomic E-state index is 7.07. The van der Waals surface area contributed by atoms with Crippen LogP contribution in [-0.2, 0) is 0 Å². The van der Waals surface area contributed by atoms with Crippen molar-refractivity contribution >= 4 is 104 Å². The lowest BCUT2D eigenvalue weighted by molar-refractivity contribution is 0.312. The van der Waals surface area contributed by atoms with Crippen LogP contribution in [0, 0.1) is 0 Å². The molecule has 0 atom stereocenters. The van der Waals surface area contributed by atoms with E-state index in [-0.39, 0.29) is 6.15 Å². The van der Waals surface area contributed by atoms with E-state index in [0.717, 1.165) is 64.6 Å². The van der Waals surface area contributed by atoms with E-state index in [1.54, 1.807) is 0 Å². The topological polar surface area (TPSA) is 62.7 Å². The van der Waals surface area contributed by atoms with Crippen LogP contribution in [-0.4, -0.2) is 7.32 Å². The van der Waals surface area contributed by atoms with Crippen molar-refractivity contribution in [3.63, 3.8) is 0 Å². The first-order valence-corrected chi connectivity index (χ1v) is 19.7. The molecule has 278 valence electrons. The van der Waals surface area contributed by atoms with Gasteiger partial charge in [0.1, 0.15) is 17.2 Å². The summed E-state index contributed by atoms with van der Waals surface area (Å²) in [5.74, 6) is 2.03. The zero-order chi connectivity index (χ0) is 38.2. The molecule has 59 heavy (non-hydrogen) atoms. The van der Waals surface area contributed by atoms with Gasteiger partial charge in [-0.3, -0.25) is 0 Å². The quantitative estimate of drug-likeness (QED) is 0.104. The molecule has 12 aromatic carbocycles. The first-order valence-electron chi connectivity index (χ1n) is 19.7. The van der Waals surface area contributed by atoms with Gasteiger partial charge in [-0.1, -0.05) is 146 Å². The second-order valence-electron chi connectivity index (χ2n) is 15.2. The third-order valence-electron chi connectivity index (χ3n) is 11.7. The lowest BCUT2D eigenvalue weighted by atomic mass is 9.96. The van der Waals surface area contributed by atoms with Gasteiger partial charge in [0.15, 0.2) is 0 Å². The molecule has 0 aliphatic carbocycles. The lowest BCUT2D eigenvalue weighted by Crippen LogP contribution is -2.37. The first-order chi connectivity index (χ1) is 28.7. The molecule has 0 saturated carbocycles. The van der Waals surface area contributed by atoms with Gasteiger partial charge in [0.25, 0.3) is 0 Å². The van der Waals surface area contributed by atoms with Crippen molar-refractivity contribution < 1.29 is 14.0 Å². The molecule has 3 N–H and O–H groups in total. The molecule has 12 rings (SSSR count). The Hall–Kier alpha value is -7.60. The van der Waals surface area contributed by atoms with E-state index >= 15 is 0 Å². The summed E-state index contributed by atoms with van der Waals surface area (Å²) in [5, 5.41) is 20.1. The van der Waals surface area contributed by atoms with Crippen molar-refractivity contribution in [1.29, 1.82) is 0 Å². The molecule has 4 nitrogen and oxygen atoms in total. The van der Waals surface area contributed by atoms with Crippen LogP contribution in [0.15, 0.2) is 200 Å². The molecule has 0 aliphatic heterocycles. The molecule has 5 heteroatoms. The summed E-state index contributed by atoms with van der Waals surface area (Å²) >= 11 is 0. The van der Waals surface area contributed by atoms with Gasteiger partial charge in [0.2, 0.25) is 0 Å². The van der Waals surface area contributed by atoms with Crippen molar-refractivity contribution in [3.05, 3.63) is 200 Å². The molecule has 0 aromatic heterocycles. The summed E-state index contributed by atoms with van der Waals surface area (Å²) in [5.41, 5.74) is 0. The summed E-state index contributed by atoms with van der Waals surface area (Å²) in [4.78, 5) is 0. The minimum Gasteiger partial charge on any atom is -0.489 e. The predicted molar refractivity (Wildman–Crippen MR) is 250 cm³/mol. The second kappa shape index (κ2) is 13.8. The van der Waals surface area contributed by atoms with E-state index in [1.807, 2.05) is 36.4 Å². The molecule has 0 amide bonds. The maximum Gasteiger partial charge on any atom is 0.864 e. The Kier molecular flexibility index (Phi) is 8.10. The third-order valence-corrected chi connectivity index (χ3v) is 11.7. The minimum atomic E-state index is -1.16. The standard InChI is InChI=1S/C54H33BO3.H3N/c1-4-13-40-31-46-43(28-37(40)10-1)25-22-34-16-7-19-49(52(34)46)56-55(57-50-20-8-17-35-23-26-44-29-38-11-2-5-14-41(38)32-47(44)53(35)50)58-51-21-9-18-36-24-27-45-30-39-12-3-6-15-42(39)33-48(45)54(36)51;/h1-33H;1H3. The molecule has 0 spiro atoms. The first kappa shape index (κ1) is 34.6. The van der Waals surface area contributed by atoms with Crippen LogP contribution in [0.5, 0.6) is 17.2 Å². The highest BCUT2D eigenvalue weighted by Gasteiger charge is 2.33. The summed E-state index contributed by atoms with van der Waals surface area (Å²) in [6.07, 6.45) is 0. The molecule has 12 aromatic rings. The molecule has 0 fully saturated rings. The molecular weight excluding hydrogens is 721 g/mol. The molecule has 0 saturated heterocycles. The van der Waals surface area contributed by atoms with E-state index in [9.17, 15) is 0 Å². The van der Waals surface area contributed by atoms with Crippen LogP contribution in [0.25, 0.3) is 97.0 Å². The highest BCUT2D eigenvalue weighted by atomic mass is 16.7. The van der Waals surface area contributed by atoms with Crippen molar-refractivity contribution in [1.82, 2.24) is 6.15 Å². The Morgan fingerprint density at radius 3 is 0.797 bits per heavy atom. The lowest BCUT2D eigenvalue weighted by Gasteiger charge is -2.21. The van der Waals surface area contributed by atoms with Gasteiger partial charge < -0.3 is 20.1 Å². The number of fused-ring (bicyclic) bond motifs is 12. The maximum absolute atomic E-state index is 7.07. The van der Waals surface area contributed by atoms with Gasteiger partial charge in [-0.05, 0) is 135 Å². The second-order valence-corrected chi connectivity index (χ2v) is 15.2. The van der Waals surface area contributed by atoms with E-state index in [2.05, 4.69) is 164 Å². The molecule has 0 unspecified atom stereocenters. The normalized spacial score (nSPS) is 11.6. The monoisotopic (exact) mass is 757 g/mol. The van der Waals surface area contributed by atoms with Gasteiger partial charge in [0, 0.05) is 16.2 Å². The molecule has 0 bridgehead atoms. The SMILES string of the molecule is N.c1ccc2cc3c(ccc4cccc(OB(Oc5cccc6ccc7cc8ccccc8cc7c56)Oc5cccc6ccc7cc8ccccc8cc7c56)c43)cc2c1. The third kappa shape index (κ3) is 5.82. The summed E-state index contributed by atoms with van der Waals surface area (Å²) in [6, 6.07) is 70.6. The van der Waals surface area contributed by atoms with Gasteiger partial charge >= 0.3 is 7.32 Å². The molecule has 0 heterocycles. The van der Waals surface area contributed by atoms with Gasteiger partial charge in [-0.15, -0.1) is 0 Å². The summed E-state index contributed by atoms with van der Waals surface area (Å²) in [7, 11) is -1.16. The van der Waals surface area contributed by atoms with E-state index in [0.29, 0.717) is 17.2 Å².